The molecule has 1 amide bonds. The second-order valence-corrected chi connectivity index (χ2v) is 4.14. The monoisotopic (exact) mass is 279 g/mol. The molecule has 0 unspecified atom stereocenters. The van der Waals surface area contributed by atoms with Crippen LogP contribution in [-0.4, -0.2) is 18.0 Å². The van der Waals surface area contributed by atoms with Gasteiger partial charge in [0.15, 0.2) is 0 Å². The fourth-order valence-corrected chi connectivity index (χ4v) is 1.68. The molecule has 0 radical (unpaired) electrons. The van der Waals surface area contributed by atoms with E-state index in [0.717, 1.165) is 0 Å². The molecule has 0 saturated heterocycles. The van der Waals surface area contributed by atoms with Gasteiger partial charge in [-0.1, -0.05) is 12.1 Å². The number of nitrogens with zero attached hydrogens (tertiary/aromatic N) is 2. The lowest BCUT2D eigenvalue weighted by Crippen LogP contribution is -2.13. The first-order valence-electron chi connectivity index (χ1n) is 6.20. The lowest BCUT2D eigenvalue weighted by molar-refractivity contribution is -0.112. The first-order valence-corrected chi connectivity index (χ1v) is 6.20. The maximum Gasteiger partial charge on any atom is 0.266 e. The predicted molar refractivity (Wildman–Crippen MR) is 79.5 cm³/mol. The molecule has 1 heterocycles. The van der Waals surface area contributed by atoms with Crippen LogP contribution in [0, 0.1) is 11.3 Å². The highest BCUT2D eigenvalue weighted by Gasteiger charge is 2.09. The molecular weight excluding hydrogens is 266 g/mol. The summed E-state index contributed by atoms with van der Waals surface area (Å²) >= 11 is 0. The van der Waals surface area contributed by atoms with Crippen molar-refractivity contribution in [1.29, 1.82) is 5.26 Å². The van der Waals surface area contributed by atoms with Crippen molar-refractivity contribution in [3.63, 3.8) is 0 Å². The van der Waals surface area contributed by atoms with Crippen LogP contribution in [0.5, 0.6) is 5.75 Å². The van der Waals surface area contributed by atoms with Crippen LogP contribution in [0.25, 0.3) is 6.08 Å². The number of amides is 1. The maximum atomic E-state index is 12.0. The molecule has 0 fully saturated rings. The molecular formula is C16H13N3O2. The second kappa shape index (κ2) is 6.87. The predicted octanol–water partition coefficient (Wildman–Crippen LogP) is 2.64. The fraction of sp³-hybridized carbons (Fsp3) is 0.0625. The minimum atomic E-state index is -0.478. The standard InChI is InChI=1S/C16H13N3O2/c1-21-15-6-2-4-12(9-15)8-13(10-17)16(20)19-14-5-3-7-18-11-14/h2-9,11H,1H3,(H,19,20)/b13-8+. The number of rotatable bonds is 4. The number of benzene rings is 1. The van der Waals surface area contributed by atoms with Crippen molar-refractivity contribution >= 4 is 17.7 Å². The van der Waals surface area contributed by atoms with E-state index in [0.29, 0.717) is 17.0 Å². The van der Waals surface area contributed by atoms with E-state index < -0.39 is 5.91 Å². The Labute approximate surface area is 122 Å². The van der Waals surface area contributed by atoms with E-state index in [-0.39, 0.29) is 5.57 Å². The molecule has 104 valence electrons. The second-order valence-electron chi connectivity index (χ2n) is 4.14. The third kappa shape index (κ3) is 3.91. The summed E-state index contributed by atoms with van der Waals surface area (Å²) < 4.78 is 5.11. The van der Waals surface area contributed by atoms with Crippen LogP contribution >= 0.6 is 0 Å². The molecule has 21 heavy (non-hydrogen) atoms. The number of anilines is 1. The normalized spacial score (nSPS) is 10.6. The van der Waals surface area contributed by atoms with Crippen LogP contribution in [-0.2, 0) is 4.79 Å². The first kappa shape index (κ1) is 14.3. The van der Waals surface area contributed by atoms with Crippen LogP contribution in [0.15, 0.2) is 54.4 Å². The van der Waals surface area contributed by atoms with E-state index >= 15 is 0 Å². The Hall–Kier alpha value is -3.13. The quantitative estimate of drug-likeness (QED) is 0.689. The van der Waals surface area contributed by atoms with Gasteiger partial charge in [-0.2, -0.15) is 5.26 Å². The Morgan fingerprint density at radius 3 is 2.90 bits per heavy atom. The Bertz CT molecular complexity index is 703. The smallest absolute Gasteiger partial charge is 0.266 e. The van der Waals surface area contributed by atoms with Crippen molar-refractivity contribution < 1.29 is 9.53 Å². The number of aromatic nitrogens is 1. The first-order chi connectivity index (χ1) is 10.2. The molecule has 0 spiro atoms. The Morgan fingerprint density at radius 2 is 2.24 bits per heavy atom. The number of carbonyl (C=O) groups is 1. The zero-order valence-corrected chi connectivity index (χ0v) is 11.4. The Kier molecular flexibility index (Phi) is 4.67. The van der Waals surface area contributed by atoms with E-state index in [2.05, 4.69) is 10.3 Å². The number of nitrogens with one attached hydrogen (secondary N) is 1. The molecule has 0 aliphatic carbocycles. The number of nitriles is 1. The van der Waals surface area contributed by atoms with Crippen molar-refractivity contribution in [3.8, 4) is 11.8 Å². The average Bonchev–Trinajstić information content (AvgIpc) is 2.53. The van der Waals surface area contributed by atoms with Crippen LogP contribution in [0.2, 0.25) is 0 Å². The summed E-state index contributed by atoms with van der Waals surface area (Å²) in [6.45, 7) is 0. The SMILES string of the molecule is COc1cccc(/C=C(\C#N)C(=O)Nc2cccnc2)c1. The van der Waals surface area contributed by atoms with Crippen LogP contribution < -0.4 is 10.1 Å². The van der Waals surface area contributed by atoms with Gasteiger partial charge in [-0.05, 0) is 35.9 Å². The molecule has 0 aliphatic rings. The van der Waals surface area contributed by atoms with Gasteiger partial charge in [0.05, 0.1) is 19.0 Å². The van der Waals surface area contributed by atoms with Gasteiger partial charge in [-0.3, -0.25) is 9.78 Å². The average molecular weight is 279 g/mol. The third-order valence-electron chi connectivity index (χ3n) is 2.69. The number of pyridine rings is 1. The largest absolute Gasteiger partial charge is 0.497 e. The van der Waals surface area contributed by atoms with Gasteiger partial charge in [-0.25, -0.2) is 0 Å². The van der Waals surface area contributed by atoms with E-state index in [4.69, 9.17) is 10.00 Å². The zero-order valence-electron chi connectivity index (χ0n) is 11.4. The van der Waals surface area contributed by atoms with Crippen LogP contribution in [0.3, 0.4) is 0 Å². The highest BCUT2D eigenvalue weighted by atomic mass is 16.5. The minimum absolute atomic E-state index is 0.00658. The summed E-state index contributed by atoms with van der Waals surface area (Å²) in [7, 11) is 1.56. The van der Waals surface area contributed by atoms with Crippen molar-refractivity contribution in [3.05, 3.63) is 59.9 Å². The Morgan fingerprint density at radius 1 is 1.38 bits per heavy atom. The van der Waals surface area contributed by atoms with Crippen LogP contribution in [0.4, 0.5) is 5.69 Å². The summed E-state index contributed by atoms with van der Waals surface area (Å²) in [6.07, 6.45) is 4.62. The van der Waals surface area contributed by atoms with Gasteiger partial charge < -0.3 is 10.1 Å². The topological polar surface area (TPSA) is 75.0 Å². The number of hydrogen-bond acceptors (Lipinski definition) is 4. The van der Waals surface area contributed by atoms with E-state index in [1.165, 1.54) is 12.3 Å². The van der Waals surface area contributed by atoms with E-state index in [1.807, 2.05) is 6.07 Å². The molecule has 1 N–H and O–H groups in total. The minimum Gasteiger partial charge on any atom is -0.497 e. The Balaban J connectivity index is 2.20. The third-order valence-corrected chi connectivity index (χ3v) is 2.69. The molecule has 2 aromatic rings. The number of hydrogen-bond donors (Lipinski definition) is 1. The fourth-order valence-electron chi connectivity index (χ4n) is 1.68. The highest BCUT2D eigenvalue weighted by Crippen LogP contribution is 2.16. The van der Waals surface area contributed by atoms with Crippen LogP contribution in [0.1, 0.15) is 5.56 Å². The van der Waals surface area contributed by atoms with Gasteiger partial charge in [-0.15, -0.1) is 0 Å². The molecule has 0 bridgehead atoms. The molecule has 1 aromatic carbocycles. The number of ether oxygens (including phenoxy) is 1. The summed E-state index contributed by atoms with van der Waals surface area (Å²) in [5.74, 6) is 0.182. The summed E-state index contributed by atoms with van der Waals surface area (Å²) in [5, 5.41) is 11.8. The highest BCUT2D eigenvalue weighted by molar-refractivity contribution is 6.09. The van der Waals surface area contributed by atoms with Crippen molar-refractivity contribution in [1.82, 2.24) is 4.98 Å². The molecule has 0 saturated carbocycles. The number of methoxy groups -OCH3 is 1. The lowest BCUT2D eigenvalue weighted by Gasteiger charge is -2.04. The molecule has 0 atom stereocenters. The van der Waals surface area contributed by atoms with Gasteiger partial charge in [0.2, 0.25) is 0 Å². The molecule has 5 nitrogen and oxygen atoms in total. The lowest BCUT2D eigenvalue weighted by atomic mass is 10.1. The summed E-state index contributed by atoms with van der Waals surface area (Å²) in [5.41, 5.74) is 1.26. The van der Waals surface area contributed by atoms with Crippen molar-refractivity contribution in [2.45, 2.75) is 0 Å². The molecule has 0 aliphatic heterocycles. The zero-order chi connectivity index (χ0) is 15.1. The van der Waals surface area contributed by atoms with Gasteiger partial charge >= 0.3 is 0 Å². The molecule has 1 aromatic heterocycles. The number of carbonyl (C=O) groups excluding carboxylic acids is 1. The van der Waals surface area contributed by atoms with E-state index in [9.17, 15) is 4.79 Å². The van der Waals surface area contributed by atoms with Gasteiger partial charge in [0.1, 0.15) is 17.4 Å². The van der Waals surface area contributed by atoms with Gasteiger partial charge in [0.25, 0.3) is 5.91 Å². The van der Waals surface area contributed by atoms with Gasteiger partial charge in [0, 0.05) is 6.20 Å². The van der Waals surface area contributed by atoms with E-state index in [1.54, 1.807) is 49.7 Å². The molecule has 2 rings (SSSR count). The summed E-state index contributed by atoms with van der Waals surface area (Å²) in [6, 6.07) is 12.4. The van der Waals surface area contributed by atoms with Crippen molar-refractivity contribution in [2.75, 3.05) is 12.4 Å². The van der Waals surface area contributed by atoms with Crippen molar-refractivity contribution in [2.24, 2.45) is 0 Å². The molecule has 5 heteroatoms. The summed E-state index contributed by atoms with van der Waals surface area (Å²) in [4.78, 5) is 15.9. The maximum absolute atomic E-state index is 12.0.